The smallest absolute Gasteiger partial charge is 0.326 e. The number of carbonyl (C=O) groups excluding carboxylic acids is 3. The third kappa shape index (κ3) is 6.52. The molecule has 1 saturated heterocycles. The number of imide groups is 1. The van der Waals surface area contributed by atoms with Crippen molar-refractivity contribution in [2.75, 3.05) is 13.2 Å². The Hall–Kier alpha value is -2.97. The highest BCUT2D eigenvalue weighted by Crippen LogP contribution is 2.35. The van der Waals surface area contributed by atoms with Crippen LogP contribution < -0.4 is 9.47 Å². The Morgan fingerprint density at radius 3 is 2.58 bits per heavy atom. The lowest BCUT2D eigenvalue weighted by atomic mass is 10.1. The van der Waals surface area contributed by atoms with Gasteiger partial charge >= 0.3 is 5.97 Å². The summed E-state index contributed by atoms with van der Waals surface area (Å²) in [4.78, 5) is 37.9. The van der Waals surface area contributed by atoms with Gasteiger partial charge in [-0.2, -0.15) is 0 Å². The second-order valence-electron chi connectivity index (χ2n) is 7.33. The lowest BCUT2D eigenvalue weighted by Gasteiger charge is -2.14. The summed E-state index contributed by atoms with van der Waals surface area (Å²) in [6, 6.07) is 12.6. The van der Waals surface area contributed by atoms with E-state index in [1.165, 1.54) is 0 Å². The molecule has 0 aromatic heterocycles. The predicted molar refractivity (Wildman–Crippen MR) is 127 cm³/mol. The summed E-state index contributed by atoms with van der Waals surface area (Å²) < 4.78 is 16.6. The van der Waals surface area contributed by atoms with E-state index in [-0.39, 0.29) is 17.6 Å². The van der Waals surface area contributed by atoms with E-state index in [0.29, 0.717) is 28.7 Å². The molecule has 33 heavy (non-hydrogen) atoms. The third-order valence-electron chi connectivity index (χ3n) is 4.43. The molecule has 1 heterocycles. The van der Waals surface area contributed by atoms with Gasteiger partial charge in [0, 0.05) is 10.6 Å². The van der Waals surface area contributed by atoms with Crippen LogP contribution in [0.15, 0.2) is 47.4 Å². The fourth-order valence-electron chi connectivity index (χ4n) is 2.99. The first-order valence-electron chi connectivity index (χ1n) is 10.4. The molecule has 0 aliphatic carbocycles. The van der Waals surface area contributed by atoms with Crippen LogP contribution in [0.25, 0.3) is 6.08 Å². The standard InChI is InChI=1S/C24H24ClNO6S/c1-4-30-20-11-16(9-10-19(20)31-14-17-7-5-6-8-18(17)25)12-21-23(28)26(24(29)33-21)13-22(27)32-15(2)3/h5-12,15H,4,13-14H2,1-3H3/b21-12-. The van der Waals surface area contributed by atoms with Crippen LogP contribution in [0.2, 0.25) is 5.02 Å². The average Bonchev–Trinajstić information content (AvgIpc) is 3.01. The number of carbonyl (C=O) groups is 3. The summed E-state index contributed by atoms with van der Waals surface area (Å²) in [6.07, 6.45) is 1.25. The van der Waals surface area contributed by atoms with Gasteiger partial charge in [-0.05, 0) is 62.4 Å². The second kappa shape index (κ2) is 11.2. The van der Waals surface area contributed by atoms with Crippen molar-refractivity contribution in [2.24, 2.45) is 0 Å². The van der Waals surface area contributed by atoms with Crippen molar-refractivity contribution in [1.82, 2.24) is 4.90 Å². The van der Waals surface area contributed by atoms with E-state index in [9.17, 15) is 14.4 Å². The Morgan fingerprint density at radius 1 is 1.12 bits per heavy atom. The van der Waals surface area contributed by atoms with Crippen LogP contribution in [-0.4, -0.2) is 41.3 Å². The number of benzene rings is 2. The largest absolute Gasteiger partial charge is 0.490 e. The van der Waals surface area contributed by atoms with Gasteiger partial charge in [0.05, 0.1) is 17.6 Å². The normalized spacial score (nSPS) is 14.8. The molecule has 2 aromatic carbocycles. The molecule has 0 N–H and O–H groups in total. The van der Waals surface area contributed by atoms with E-state index >= 15 is 0 Å². The lowest BCUT2D eigenvalue weighted by Crippen LogP contribution is -2.35. The molecular weight excluding hydrogens is 466 g/mol. The maximum absolute atomic E-state index is 12.7. The molecule has 0 spiro atoms. The van der Waals surface area contributed by atoms with Crippen LogP contribution in [0.1, 0.15) is 31.9 Å². The van der Waals surface area contributed by atoms with Gasteiger partial charge in [0.25, 0.3) is 11.1 Å². The van der Waals surface area contributed by atoms with Crippen LogP contribution in [0.3, 0.4) is 0 Å². The number of halogens is 1. The van der Waals surface area contributed by atoms with E-state index < -0.39 is 23.7 Å². The summed E-state index contributed by atoms with van der Waals surface area (Å²) in [7, 11) is 0. The molecule has 174 valence electrons. The zero-order valence-corrected chi connectivity index (χ0v) is 20.1. The van der Waals surface area contributed by atoms with Gasteiger partial charge in [0.1, 0.15) is 13.2 Å². The van der Waals surface area contributed by atoms with Gasteiger partial charge in [-0.1, -0.05) is 35.9 Å². The number of hydrogen-bond donors (Lipinski definition) is 0. The SMILES string of the molecule is CCOc1cc(/C=C2\SC(=O)N(CC(=O)OC(C)C)C2=O)ccc1OCc1ccccc1Cl. The average molecular weight is 490 g/mol. The van der Waals surface area contributed by atoms with Gasteiger partial charge < -0.3 is 14.2 Å². The third-order valence-corrected chi connectivity index (χ3v) is 5.71. The first-order valence-corrected chi connectivity index (χ1v) is 11.6. The molecule has 3 rings (SSSR count). The summed E-state index contributed by atoms with van der Waals surface area (Å²) in [6.45, 7) is 5.52. The molecular formula is C24H24ClNO6S. The fourth-order valence-corrected chi connectivity index (χ4v) is 4.02. The summed E-state index contributed by atoms with van der Waals surface area (Å²) in [5, 5.41) is 0.0942. The van der Waals surface area contributed by atoms with Crippen molar-refractivity contribution < 1.29 is 28.6 Å². The zero-order valence-electron chi connectivity index (χ0n) is 18.5. The fraction of sp³-hybridized carbons (Fsp3) is 0.292. The van der Waals surface area contributed by atoms with E-state index in [2.05, 4.69) is 0 Å². The van der Waals surface area contributed by atoms with Gasteiger partial charge in [-0.25, -0.2) is 0 Å². The first kappa shape index (κ1) is 24.7. The first-order chi connectivity index (χ1) is 15.8. The Kier molecular flexibility index (Phi) is 8.41. The molecule has 2 amide bonds. The minimum absolute atomic E-state index is 0.213. The number of ether oxygens (including phenoxy) is 3. The minimum Gasteiger partial charge on any atom is -0.490 e. The van der Waals surface area contributed by atoms with E-state index in [0.717, 1.165) is 22.2 Å². The highest BCUT2D eigenvalue weighted by atomic mass is 35.5. The molecule has 1 fully saturated rings. The Bertz CT molecular complexity index is 1080. The van der Waals surface area contributed by atoms with Crippen LogP contribution in [-0.2, 0) is 20.9 Å². The van der Waals surface area contributed by atoms with Crippen LogP contribution in [0.4, 0.5) is 4.79 Å². The number of amides is 2. The minimum atomic E-state index is -0.632. The van der Waals surface area contributed by atoms with E-state index in [1.807, 2.05) is 25.1 Å². The molecule has 0 bridgehead atoms. The van der Waals surface area contributed by atoms with Gasteiger partial charge in [0.15, 0.2) is 11.5 Å². The maximum atomic E-state index is 12.7. The van der Waals surface area contributed by atoms with Crippen LogP contribution >= 0.6 is 23.4 Å². The topological polar surface area (TPSA) is 82.1 Å². The lowest BCUT2D eigenvalue weighted by molar-refractivity contribution is -0.149. The number of nitrogens with zero attached hydrogens (tertiary/aromatic N) is 1. The Labute approximate surface area is 201 Å². The number of thioether (sulfide) groups is 1. The molecule has 0 atom stereocenters. The van der Waals surface area contributed by atoms with E-state index in [1.54, 1.807) is 44.2 Å². The molecule has 0 saturated carbocycles. The molecule has 7 nitrogen and oxygen atoms in total. The predicted octanol–water partition coefficient (Wildman–Crippen LogP) is 5.31. The van der Waals surface area contributed by atoms with Crippen molar-refractivity contribution >= 4 is 46.6 Å². The quantitative estimate of drug-likeness (QED) is 0.349. The summed E-state index contributed by atoms with van der Waals surface area (Å²) >= 11 is 6.97. The van der Waals surface area contributed by atoms with Crippen LogP contribution in [0.5, 0.6) is 11.5 Å². The van der Waals surface area contributed by atoms with Crippen molar-refractivity contribution in [3.8, 4) is 11.5 Å². The van der Waals surface area contributed by atoms with Crippen molar-refractivity contribution in [2.45, 2.75) is 33.5 Å². The Balaban J connectivity index is 1.75. The van der Waals surface area contributed by atoms with Gasteiger partial charge in [0.2, 0.25) is 0 Å². The molecule has 2 aromatic rings. The van der Waals surface area contributed by atoms with Gasteiger partial charge in [-0.3, -0.25) is 19.3 Å². The highest BCUT2D eigenvalue weighted by molar-refractivity contribution is 8.18. The van der Waals surface area contributed by atoms with E-state index in [4.69, 9.17) is 25.8 Å². The van der Waals surface area contributed by atoms with Crippen LogP contribution in [0, 0.1) is 0 Å². The second-order valence-corrected chi connectivity index (χ2v) is 8.73. The summed E-state index contributed by atoms with van der Waals surface area (Å²) in [5.74, 6) is -0.147. The maximum Gasteiger partial charge on any atom is 0.326 e. The van der Waals surface area contributed by atoms with Crippen molar-refractivity contribution in [3.63, 3.8) is 0 Å². The number of rotatable bonds is 9. The Morgan fingerprint density at radius 2 is 1.88 bits per heavy atom. The molecule has 1 aliphatic rings. The monoisotopic (exact) mass is 489 g/mol. The number of esters is 1. The molecule has 0 unspecified atom stereocenters. The van der Waals surface area contributed by atoms with Crippen molar-refractivity contribution in [1.29, 1.82) is 0 Å². The van der Waals surface area contributed by atoms with Gasteiger partial charge in [-0.15, -0.1) is 0 Å². The number of hydrogen-bond acceptors (Lipinski definition) is 7. The molecule has 0 radical (unpaired) electrons. The zero-order chi connectivity index (χ0) is 24.0. The molecule has 9 heteroatoms. The molecule has 1 aliphatic heterocycles. The van der Waals surface area contributed by atoms with Crippen molar-refractivity contribution in [3.05, 3.63) is 63.5 Å². The summed E-state index contributed by atoms with van der Waals surface area (Å²) in [5.41, 5.74) is 1.49. The highest BCUT2D eigenvalue weighted by Gasteiger charge is 2.36.